The summed E-state index contributed by atoms with van der Waals surface area (Å²) in [6.07, 6.45) is 6.06. The normalized spacial score (nSPS) is 8.00. The van der Waals surface area contributed by atoms with E-state index < -0.39 is 0 Å². The number of hydrogen-bond donors (Lipinski definition) is 0. The van der Waals surface area contributed by atoms with Crippen LogP contribution in [-0.4, -0.2) is 0 Å². The standard InChI is InChI=1S/C15H10.2Li/c1-3-8-14(9-4-1)12-7-13-15-10-5-2-6-11-15;;/h1-6,8-11H;;/q-2;2*+1. The second-order valence-corrected chi connectivity index (χ2v) is 3.11. The molecule has 0 saturated carbocycles. The van der Waals surface area contributed by atoms with Crippen molar-refractivity contribution in [2.75, 3.05) is 0 Å². The molecule has 2 aromatic rings. The predicted octanol–water partition coefficient (Wildman–Crippen LogP) is -2.59. The molecule has 0 aliphatic rings. The van der Waals surface area contributed by atoms with Crippen LogP contribution < -0.4 is 37.7 Å². The molecule has 0 saturated heterocycles. The molecule has 2 rings (SSSR count). The molecule has 17 heavy (non-hydrogen) atoms. The van der Waals surface area contributed by atoms with Gasteiger partial charge in [-0.05, 0) is 0 Å². The molecule has 0 bridgehead atoms. The quantitative estimate of drug-likeness (QED) is 0.286. The first kappa shape index (κ1) is 16.2. The summed E-state index contributed by atoms with van der Waals surface area (Å²) < 4.78 is 0. The average molecular weight is 204 g/mol. The van der Waals surface area contributed by atoms with Gasteiger partial charge in [-0.3, -0.25) is 5.56 Å². The van der Waals surface area contributed by atoms with Crippen LogP contribution in [0.2, 0.25) is 0 Å². The summed E-state index contributed by atoms with van der Waals surface area (Å²) in [5.74, 6) is 0. The van der Waals surface area contributed by atoms with Crippen molar-refractivity contribution in [3.63, 3.8) is 0 Å². The van der Waals surface area contributed by atoms with Crippen LogP contribution >= 0.6 is 0 Å². The minimum atomic E-state index is 0. The van der Waals surface area contributed by atoms with Gasteiger partial charge in [-0.25, -0.2) is 18.2 Å². The van der Waals surface area contributed by atoms with Crippen molar-refractivity contribution < 1.29 is 37.7 Å². The van der Waals surface area contributed by atoms with Crippen LogP contribution in [0.1, 0.15) is 11.1 Å². The monoisotopic (exact) mass is 204 g/mol. The summed E-state index contributed by atoms with van der Waals surface area (Å²) in [6, 6.07) is 19.8. The fourth-order valence-corrected chi connectivity index (χ4v) is 1.22. The number of rotatable bonds is 2. The molecular formula is C15H10Li2. The van der Waals surface area contributed by atoms with E-state index in [1.165, 1.54) is 0 Å². The first-order valence-electron chi connectivity index (χ1n) is 4.82. The summed E-state index contributed by atoms with van der Waals surface area (Å²) in [6.45, 7) is 0. The van der Waals surface area contributed by atoms with Gasteiger partial charge in [0.05, 0.1) is 0 Å². The van der Waals surface area contributed by atoms with E-state index in [-0.39, 0.29) is 37.7 Å². The molecule has 0 atom stereocenters. The SMILES string of the molecule is C(=[C-]c1ccccc1)=[C-]c1ccccc1.[Li+].[Li+]. The fraction of sp³-hybridized carbons (Fsp3) is 0. The maximum Gasteiger partial charge on any atom is 1.00 e. The zero-order valence-electron chi connectivity index (χ0n) is 10.3. The van der Waals surface area contributed by atoms with Gasteiger partial charge in [0.2, 0.25) is 0 Å². The van der Waals surface area contributed by atoms with Crippen LogP contribution in [0.25, 0.3) is 0 Å². The third-order valence-corrected chi connectivity index (χ3v) is 1.96. The first-order chi connectivity index (χ1) is 7.45. The Bertz CT molecular complexity index is 425. The molecule has 0 amide bonds. The molecule has 0 N–H and O–H groups in total. The molecule has 0 aliphatic heterocycles. The van der Waals surface area contributed by atoms with Gasteiger partial charge in [0.15, 0.2) is 0 Å². The van der Waals surface area contributed by atoms with Gasteiger partial charge < -0.3 is 5.73 Å². The van der Waals surface area contributed by atoms with Crippen LogP contribution in [0.5, 0.6) is 0 Å². The van der Waals surface area contributed by atoms with Crippen molar-refractivity contribution in [1.82, 2.24) is 0 Å². The average Bonchev–Trinajstić information content (AvgIpc) is 2.32. The summed E-state index contributed by atoms with van der Waals surface area (Å²) in [5, 5.41) is 0. The largest absolute Gasteiger partial charge is 1.00 e. The van der Waals surface area contributed by atoms with Crippen molar-refractivity contribution in [3.8, 4) is 0 Å². The zero-order valence-corrected chi connectivity index (χ0v) is 10.3. The molecule has 0 unspecified atom stereocenters. The molecule has 0 aliphatic carbocycles. The smallest absolute Gasteiger partial charge is 0.339 e. The van der Waals surface area contributed by atoms with Crippen LogP contribution in [0.3, 0.4) is 0 Å². The fourth-order valence-electron chi connectivity index (χ4n) is 1.22. The first-order valence-corrected chi connectivity index (χ1v) is 4.82. The Balaban J connectivity index is 0.00000128. The van der Waals surface area contributed by atoms with E-state index >= 15 is 0 Å². The van der Waals surface area contributed by atoms with Crippen LogP contribution in [0.15, 0.2) is 66.4 Å². The third-order valence-electron chi connectivity index (χ3n) is 1.96. The molecule has 2 heteroatoms. The van der Waals surface area contributed by atoms with E-state index in [2.05, 4.69) is 17.9 Å². The summed E-state index contributed by atoms with van der Waals surface area (Å²) in [7, 11) is 0. The Morgan fingerprint density at radius 3 is 1.29 bits per heavy atom. The van der Waals surface area contributed by atoms with E-state index in [0.29, 0.717) is 0 Å². The Hall–Kier alpha value is -0.845. The minimum absolute atomic E-state index is 0. The van der Waals surface area contributed by atoms with Crippen LogP contribution in [0.4, 0.5) is 0 Å². The molecule has 0 fully saturated rings. The Labute approximate surface area is 127 Å². The summed E-state index contributed by atoms with van der Waals surface area (Å²) in [4.78, 5) is 0. The van der Waals surface area contributed by atoms with Gasteiger partial charge in [0.25, 0.3) is 0 Å². The van der Waals surface area contributed by atoms with Crippen molar-refractivity contribution in [3.05, 3.63) is 89.7 Å². The van der Waals surface area contributed by atoms with Gasteiger partial charge in [-0.1, -0.05) is 36.4 Å². The zero-order chi connectivity index (χ0) is 10.3. The van der Waals surface area contributed by atoms with Gasteiger partial charge in [0.1, 0.15) is 0 Å². The molecule has 0 nitrogen and oxygen atoms in total. The summed E-state index contributed by atoms with van der Waals surface area (Å²) >= 11 is 0. The van der Waals surface area contributed by atoms with E-state index in [1.807, 2.05) is 60.7 Å². The van der Waals surface area contributed by atoms with E-state index in [9.17, 15) is 0 Å². The molecule has 0 heterocycles. The Morgan fingerprint density at radius 2 is 0.941 bits per heavy atom. The molecule has 0 spiro atoms. The van der Waals surface area contributed by atoms with E-state index in [1.54, 1.807) is 0 Å². The van der Waals surface area contributed by atoms with Gasteiger partial charge in [0, 0.05) is 0 Å². The van der Waals surface area contributed by atoms with Crippen molar-refractivity contribution in [2.24, 2.45) is 0 Å². The van der Waals surface area contributed by atoms with Crippen LogP contribution in [-0.2, 0) is 0 Å². The minimum Gasteiger partial charge on any atom is -0.339 e. The number of benzene rings is 2. The molecular weight excluding hydrogens is 194 g/mol. The van der Waals surface area contributed by atoms with Gasteiger partial charge in [-0.2, -0.15) is 6.08 Å². The second-order valence-electron chi connectivity index (χ2n) is 3.11. The molecule has 2 aromatic carbocycles. The molecule has 0 aromatic heterocycles. The van der Waals surface area contributed by atoms with E-state index in [0.717, 1.165) is 11.1 Å². The second kappa shape index (κ2) is 9.21. The Kier molecular flexibility index (Phi) is 8.75. The van der Waals surface area contributed by atoms with Gasteiger partial charge in [-0.15, -0.1) is 17.7 Å². The van der Waals surface area contributed by atoms with Crippen molar-refractivity contribution in [2.45, 2.75) is 0 Å². The number of hydrogen-bond acceptors (Lipinski definition) is 0. The maximum absolute atomic E-state index is 3.03. The predicted molar refractivity (Wildman–Crippen MR) is 61.1 cm³/mol. The van der Waals surface area contributed by atoms with Crippen LogP contribution in [0, 0.1) is 12.2 Å². The van der Waals surface area contributed by atoms with E-state index in [4.69, 9.17) is 0 Å². The maximum atomic E-state index is 3.03. The Morgan fingerprint density at radius 1 is 0.588 bits per heavy atom. The summed E-state index contributed by atoms with van der Waals surface area (Å²) in [5.41, 5.74) is 4.95. The topological polar surface area (TPSA) is 0 Å². The van der Waals surface area contributed by atoms with Gasteiger partial charge >= 0.3 is 37.7 Å². The molecule has 72 valence electrons. The third kappa shape index (κ3) is 5.86. The van der Waals surface area contributed by atoms with Crippen molar-refractivity contribution >= 4 is 0 Å². The van der Waals surface area contributed by atoms with Crippen molar-refractivity contribution in [1.29, 1.82) is 0 Å². The molecule has 0 radical (unpaired) electrons.